The van der Waals surface area contributed by atoms with Gasteiger partial charge in [-0.3, -0.25) is 19.5 Å². The van der Waals surface area contributed by atoms with E-state index in [9.17, 15) is 19.2 Å². The molecule has 2 aliphatic heterocycles. The Balaban J connectivity index is 1.73. The standard InChI is InChI=1S/C20H10N2O5/c23-17-11-1-3-13-16-14(20(26)27-19(13)25)4-2-12(15(11)16)18(24)22(17)9-10-5-7-21-8-6-10/h1-8H,9H2. The molecule has 0 saturated heterocycles. The highest BCUT2D eigenvalue weighted by Gasteiger charge is 2.37. The Kier molecular flexibility index (Phi) is 3.03. The maximum Gasteiger partial charge on any atom is 0.346 e. The lowest BCUT2D eigenvalue weighted by atomic mass is 9.87. The zero-order valence-electron chi connectivity index (χ0n) is 13.8. The van der Waals surface area contributed by atoms with Crippen LogP contribution in [0.25, 0.3) is 10.8 Å². The van der Waals surface area contributed by atoms with Gasteiger partial charge in [-0.2, -0.15) is 0 Å². The number of aromatic nitrogens is 1. The summed E-state index contributed by atoms with van der Waals surface area (Å²) in [5.41, 5.74) is 1.67. The predicted octanol–water partition coefficient (Wildman–Crippen LogP) is 2.34. The number of carbonyl (C=O) groups excluding carboxylic acids is 4. The van der Waals surface area contributed by atoms with Gasteiger partial charge in [0.15, 0.2) is 0 Å². The number of amides is 2. The molecule has 0 unspecified atom stereocenters. The summed E-state index contributed by atoms with van der Waals surface area (Å²) in [6.45, 7) is 0.103. The number of benzene rings is 2. The second kappa shape index (κ2) is 5.31. The Bertz CT molecular complexity index is 1130. The lowest BCUT2D eigenvalue weighted by Crippen LogP contribution is -2.40. The van der Waals surface area contributed by atoms with Crippen LogP contribution in [0.3, 0.4) is 0 Å². The Morgan fingerprint density at radius 2 is 1.19 bits per heavy atom. The number of carbonyl (C=O) groups is 4. The van der Waals surface area contributed by atoms with E-state index in [4.69, 9.17) is 4.74 Å². The van der Waals surface area contributed by atoms with Gasteiger partial charge in [0.05, 0.1) is 17.7 Å². The minimum absolute atomic E-state index is 0.103. The number of imide groups is 1. The molecule has 0 saturated carbocycles. The van der Waals surface area contributed by atoms with E-state index in [1.807, 2.05) is 0 Å². The number of pyridine rings is 1. The summed E-state index contributed by atoms with van der Waals surface area (Å²) in [5.74, 6) is -2.51. The first-order valence-corrected chi connectivity index (χ1v) is 8.17. The predicted molar refractivity (Wildman–Crippen MR) is 92.1 cm³/mol. The van der Waals surface area contributed by atoms with Crippen molar-refractivity contribution in [2.45, 2.75) is 6.54 Å². The van der Waals surface area contributed by atoms with E-state index < -0.39 is 23.8 Å². The van der Waals surface area contributed by atoms with E-state index in [0.717, 1.165) is 10.5 Å². The minimum atomic E-state index is -0.782. The number of esters is 2. The summed E-state index contributed by atoms with van der Waals surface area (Å²) in [7, 11) is 0. The first-order chi connectivity index (χ1) is 13.1. The summed E-state index contributed by atoms with van der Waals surface area (Å²) < 4.78 is 4.72. The maximum absolute atomic E-state index is 13.0. The molecule has 130 valence electrons. The van der Waals surface area contributed by atoms with Crippen LogP contribution in [-0.2, 0) is 11.3 Å². The Morgan fingerprint density at radius 1 is 0.704 bits per heavy atom. The molecule has 3 aromatic rings. The largest absolute Gasteiger partial charge is 0.386 e. The van der Waals surface area contributed by atoms with Crippen molar-refractivity contribution in [2.24, 2.45) is 0 Å². The van der Waals surface area contributed by atoms with Gasteiger partial charge in [-0.25, -0.2) is 9.59 Å². The van der Waals surface area contributed by atoms with E-state index in [0.29, 0.717) is 10.8 Å². The molecule has 5 rings (SSSR count). The van der Waals surface area contributed by atoms with E-state index in [1.165, 1.54) is 24.3 Å². The van der Waals surface area contributed by atoms with Crippen LogP contribution in [0.4, 0.5) is 0 Å². The van der Waals surface area contributed by atoms with Crippen LogP contribution in [0.1, 0.15) is 47.0 Å². The summed E-state index contributed by atoms with van der Waals surface area (Å²) in [4.78, 5) is 55.2. The number of cyclic esters (lactones) is 2. The van der Waals surface area contributed by atoms with Gasteiger partial charge < -0.3 is 4.74 Å². The fourth-order valence-electron chi connectivity index (χ4n) is 3.58. The van der Waals surface area contributed by atoms with Gasteiger partial charge in [0.25, 0.3) is 11.8 Å². The third kappa shape index (κ3) is 2.05. The molecule has 0 fully saturated rings. The fraction of sp³-hybridized carbons (Fsp3) is 0.0500. The smallest absolute Gasteiger partial charge is 0.346 e. The van der Waals surface area contributed by atoms with Crippen LogP contribution in [0.2, 0.25) is 0 Å². The van der Waals surface area contributed by atoms with Crippen LogP contribution in [0.5, 0.6) is 0 Å². The zero-order valence-corrected chi connectivity index (χ0v) is 13.8. The Labute approximate surface area is 152 Å². The van der Waals surface area contributed by atoms with Gasteiger partial charge >= 0.3 is 11.9 Å². The lowest BCUT2D eigenvalue weighted by Gasteiger charge is -2.29. The molecule has 7 nitrogen and oxygen atoms in total. The summed E-state index contributed by atoms with van der Waals surface area (Å²) in [5, 5.41) is 0.632. The fourth-order valence-corrected chi connectivity index (χ4v) is 3.58. The SMILES string of the molecule is O=C1OC(=O)c2ccc3c4c(ccc1c24)C(=O)N(Cc1ccncc1)C3=O. The van der Waals surface area contributed by atoms with E-state index in [1.54, 1.807) is 24.5 Å². The molecule has 0 N–H and O–H groups in total. The number of hydrogen-bond donors (Lipinski definition) is 0. The highest BCUT2D eigenvalue weighted by atomic mass is 16.6. The number of rotatable bonds is 2. The molecule has 2 amide bonds. The molecule has 2 aromatic carbocycles. The summed E-state index contributed by atoms with van der Waals surface area (Å²) >= 11 is 0. The first kappa shape index (κ1) is 15.4. The molecule has 0 atom stereocenters. The van der Waals surface area contributed by atoms with Crippen molar-refractivity contribution in [3.05, 3.63) is 76.6 Å². The normalized spacial score (nSPS) is 15.3. The molecule has 0 radical (unpaired) electrons. The van der Waals surface area contributed by atoms with Crippen molar-refractivity contribution in [3.8, 4) is 0 Å². The lowest BCUT2D eigenvalue weighted by molar-refractivity contribution is 0.0388. The number of hydrogen-bond acceptors (Lipinski definition) is 6. The van der Waals surface area contributed by atoms with Gasteiger partial charge in [0.2, 0.25) is 0 Å². The summed E-state index contributed by atoms with van der Waals surface area (Å²) in [6.07, 6.45) is 3.18. The quantitative estimate of drug-likeness (QED) is 0.396. The first-order valence-electron chi connectivity index (χ1n) is 8.17. The van der Waals surface area contributed by atoms with E-state index >= 15 is 0 Å². The third-order valence-electron chi connectivity index (χ3n) is 4.83. The highest BCUT2D eigenvalue weighted by Crippen LogP contribution is 2.37. The molecule has 0 aliphatic carbocycles. The third-order valence-corrected chi connectivity index (χ3v) is 4.83. The van der Waals surface area contributed by atoms with Crippen molar-refractivity contribution in [3.63, 3.8) is 0 Å². The van der Waals surface area contributed by atoms with E-state index in [-0.39, 0.29) is 28.8 Å². The van der Waals surface area contributed by atoms with E-state index in [2.05, 4.69) is 4.98 Å². The molecule has 0 bridgehead atoms. The van der Waals surface area contributed by atoms with Crippen molar-refractivity contribution >= 4 is 34.5 Å². The van der Waals surface area contributed by atoms with Crippen LogP contribution in [0.15, 0.2) is 48.8 Å². The summed E-state index contributed by atoms with van der Waals surface area (Å²) in [6, 6.07) is 9.36. The van der Waals surface area contributed by atoms with Crippen molar-refractivity contribution in [2.75, 3.05) is 0 Å². The topological polar surface area (TPSA) is 93.6 Å². The molecule has 3 heterocycles. The molecule has 1 aromatic heterocycles. The van der Waals surface area contributed by atoms with Crippen molar-refractivity contribution in [1.82, 2.24) is 9.88 Å². The van der Waals surface area contributed by atoms with Crippen molar-refractivity contribution in [1.29, 1.82) is 0 Å². The second-order valence-electron chi connectivity index (χ2n) is 6.30. The van der Waals surface area contributed by atoms with Gasteiger partial charge in [-0.15, -0.1) is 0 Å². The van der Waals surface area contributed by atoms with Crippen LogP contribution in [-0.4, -0.2) is 33.6 Å². The molecular formula is C20H10N2O5. The minimum Gasteiger partial charge on any atom is -0.386 e. The molecule has 7 heteroatoms. The Morgan fingerprint density at radius 3 is 1.74 bits per heavy atom. The van der Waals surface area contributed by atoms with Crippen molar-refractivity contribution < 1.29 is 23.9 Å². The Hall–Kier alpha value is -3.87. The second-order valence-corrected chi connectivity index (χ2v) is 6.30. The average Bonchev–Trinajstić information content (AvgIpc) is 2.68. The zero-order chi connectivity index (χ0) is 18.7. The number of nitrogens with zero attached hydrogens (tertiary/aromatic N) is 2. The van der Waals surface area contributed by atoms with Gasteiger partial charge in [-0.1, -0.05) is 0 Å². The van der Waals surface area contributed by atoms with Crippen LogP contribution < -0.4 is 0 Å². The molecular weight excluding hydrogens is 348 g/mol. The van der Waals surface area contributed by atoms with Gasteiger partial charge in [0.1, 0.15) is 0 Å². The van der Waals surface area contributed by atoms with Crippen LogP contribution >= 0.6 is 0 Å². The monoisotopic (exact) mass is 358 g/mol. The van der Waals surface area contributed by atoms with Gasteiger partial charge in [-0.05, 0) is 42.0 Å². The molecule has 27 heavy (non-hydrogen) atoms. The van der Waals surface area contributed by atoms with Crippen LogP contribution in [0, 0.1) is 0 Å². The molecule has 2 aliphatic rings. The molecule has 0 spiro atoms. The highest BCUT2D eigenvalue weighted by molar-refractivity contribution is 6.31. The number of ether oxygens (including phenoxy) is 1. The maximum atomic E-state index is 13.0. The average molecular weight is 358 g/mol. The van der Waals surface area contributed by atoms with Gasteiger partial charge in [0, 0.05) is 34.3 Å².